The van der Waals surface area contributed by atoms with E-state index >= 15 is 0 Å². The van der Waals surface area contributed by atoms with Crippen LogP contribution in [0.2, 0.25) is 0 Å². The lowest BCUT2D eigenvalue weighted by atomic mass is 10.0. The normalized spacial score (nSPS) is 12.6. The van der Waals surface area contributed by atoms with Crippen LogP contribution in [0.1, 0.15) is 16.5 Å². The molecule has 1 heterocycles. The summed E-state index contributed by atoms with van der Waals surface area (Å²) in [6.45, 7) is 0. The van der Waals surface area contributed by atoms with Crippen molar-refractivity contribution in [3.05, 3.63) is 52.2 Å². The zero-order chi connectivity index (χ0) is 11.4. The number of nitrogen functional groups attached to an aromatic ring is 1. The van der Waals surface area contributed by atoms with Gasteiger partial charge >= 0.3 is 0 Å². The van der Waals surface area contributed by atoms with E-state index in [1.807, 2.05) is 25.2 Å². The minimum atomic E-state index is 0.352. The summed E-state index contributed by atoms with van der Waals surface area (Å²) in [5, 5.41) is 5.44. The Morgan fingerprint density at radius 3 is 2.69 bits per heavy atom. The topological polar surface area (TPSA) is 38.0 Å². The van der Waals surface area contributed by atoms with Crippen LogP contribution in [0.15, 0.2) is 41.8 Å². The molecule has 0 saturated carbocycles. The molecule has 0 unspecified atom stereocenters. The highest BCUT2D eigenvalue weighted by atomic mass is 32.1. The lowest BCUT2D eigenvalue weighted by Gasteiger charge is -2.15. The van der Waals surface area contributed by atoms with Gasteiger partial charge in [-0.3, -0.25) is 0 Å². The van der Waals surface area contributed by atoms with Crippen LogP contribution in [-0.4, -0.2) is 7.05 Å². The van der Waals surface area contributed by atoms with Gasteiger partial charge in [0, 0.05) is 16.6 Å². The molecule has 0 aliphatic rings. The fourth-order valence-corrected chi connectivity index (χ4v) is 2.61. The van der Waals surface area contributed by atoms with Crippen LogP contribution in [0.4, 0.5) is 5.69 Å². The van der Waals surface area contributed by atoms with E-state index < -0.39 is 0 Å². The van der Waals surface area contributed by atoms with Gasteiger partial charge in [-0.2, -0.15) is 0 Å². The van der Waals surface area contributed by atoms with Gasteiger partial charge in [-0.15, -0.1) is 11.3 Å². The first kappa shape index (κ1) is 11.2. The fourth-order valence-electron chi connectivity index (χ4n) is 1.77. The second kappa shape index (κ2) is 5.14. The van der Waals surface area contributed by atoms with E-state index in [0.717, 1.165) is 12.1 Å². The molecule has 1 aromatic heterocycles. The maximum absolute atomic E-state index is 5.95. The number of nitrogens with one attached hydrogen (secondary N) is 1. The Hall–Kier alpha value is -1.32. The molecule has 16 heavy (non-hydrogen) atoms. The first-order valence-corrected chi connectivity index (χ1v) is 6.23. The van der Waals surface area contributed by atoms with Crippen LogP contribution >= 0.6 is 11.3 Å². The summed E-state index contributed by atoms with van der Waals surface area (Å²) in [7, 11) is 1.99. The first-order valence-electron chi connectivity index (χ1n) is 5.35. The summed E-state index contributed by atoms with van der Waals surface area (Å²) >= 11 is 1.78. The van der Waals surface area contributed by atoms with Crippen molar-refractivity contribution in [2.75, 3.05) is 12.8 Å². The molecule has 0 radical (unpaired) electrons. The van der Waals surface area contributed by atoms with Crippen molar-refractivity contribution in [2.45, 2.75) is 12.5 Å². The number of anilines is 1. The summed E-state index contributed by atoms with van der Waals surface area (Å²) in [4.78, 5) is 1.35. The summed E-state index contributed by atoms with van der Waals surface area (Å²) in [5.41, 5.74) is 8.03. The van der Waals surface area contributed by atoms with Gasteiger partial charge < -0.3 is 11.1 Å². The van der Waals surface area contributed by atoms with E-state index in [-0.39, 0.29) is 0 Å². The van der Waals surface area contributed by atoms with Gasteiger partial charge in [0.25, 0.3) is 0 Å². The van der Waals surface area contributed by atoms with Gasteiger partial charge in [0.05, 0.1) is 0 Å². The van der Waals surface area contributed by atoms with Crippen LogP contribution in [0.5, 0.6) is 0 Å². The number of likely N-dealkylation sites (N-methyl/N-ethyl adjacent to an activating group) is 1. The van der Waals surface area contributed by atoms with Crippen LogP contribution in [-0.2, 0) is 6.42 Å². The summed E-state index contributed by atoms with van der Waals surface area (Å²) in [5.74, 6) is 0. The van der Waals surface area contributed by atoms with Crippen LogP contribution in [0, 0.1) is 0 Å². The smallest absolute Gasteiger partial charge is 0.0454 e. The molecule has 0 aliphatic heterocycles. The van der Waals surface area contributed by atoms with Gasteiger partial charge in [0.1, 0.15) is 0 Å². The Labute approximate surface area is 100 Å². The Morgan fingerprint density at radius 2 is 2.06 bits per heavy atom. The molecule has 0 fully saturated rings. The van der Waals surface area contributed by atoms with E-state index in [1.165, 1.54) is 10.4 Å². The predicted octanol–water partition coefficient (Wildman–Crippen LogP) is 2.83. The Balaban J connectivity index is 2.17. The largest absolute Gasteiger partial charge is 0.399 e. The maximum Gasteiger partial charge on any atom is 0.0454 e. The zero-order valence-electron chi connectivity index (χ0n) is 9.31. The van der Waals surface area contributed by atoms with E-state index in [1.54, 1.807) is 11.3 Å². The quantitative estimate of drug-likeness (QED) is 0.795. The van der Waals surface area contributed by atoms with Gasteiger partial charge in [-0.05, 0) is 36.5 Å². The number of para-hydroxylation sites is 1. The third-order valence-electron chi connectivity index (χ3n) is 2.71. The minimum absolute atomic E-state index is 0.352. The second-order valence-corrected chi connectivity index (χ2v) is 4.74. The van der Waals surface area contributed by atoms with Crippen LogP contribution < -0.4 is 11.1 Å². The molecule has 3 N–H and O–H groups in total. The van der Waals surface area contributed by atoms with Crippen molar-refractivity contribution in [1.82, 2.24) is 5.32 Å². The molecule has 0 aliphatic carbocycles. The summed E-state index contributed by atoms with van der Waals surface area (Å²) < 4.78 is 0. The number of hydrogen-bond donors (Lipinski definition) is 2. The number of nitrogens with two attached hydrogens (primary N) is 1. The van der Waals surface area contributed by atoms with E-state index in [4.69, 9.17) is 5.73 Å². The zero-order valence-corrected chi connectivity index (χ0v) is 10.1. The molecule has 0 amide bonds. The molecule has 0 bridgehead atoms. The summed E-state index contributed by atoms with van der Waals surface area (Å²) in [6, 6.07) is 12.6. The van der Waals surface area contributed by atoms with Crippen LogP contribution in [0.3, 0.4) is 0 Å². The molecule has 2 rings (SSSR count). The van der Waals surface area contributed by atoms with E-state index in [2.05, 4.69) is 28.9 Å². The molecule has 1 atom stereocenters. The average Bonchev–Trinajstić information content (AvgIpc) is 2.81. The van der Waals surface area contributed by atoms with E-state index in [9.17, 15) is 0 Å². The Morgan fingerprint density at radius 1 is 1.25 bits per heavy atom. The van der Waals surface area contributed by atoms with Gasteiger partial charge in [0.15, 0.2) is 0 Å². The number of benzene rings is 1. The molecule has 0 spiro atoms. The molecule has 1 aromatic carbocycles. The number of rotatable bonds is 4. The van der Waals surface area contributed by atoms with Crippen molar-refractivity contribution in [1.29, 1.82) is 0 Å². The first-order chi connectivity index (χ1) is 7.81. The molecule has 2 nitrogen and oxygen atoms in total. The van der Waals surface area contributed by atoms with Gasteiger partial charge in [0.2, 0.25) is 0 Å². The van der Waals surface area contributed by atoms with Crippen molar-refractivity contribution in [3.63, 3.8) is 0 Å². The maximum atomic E-state index is 5.95. The van der Waals surface area contributed by atoms with Crippen molar-refractivity contribution in [2.24, 2.45) is 0 Å². The molecule has 3 heteroatoms. The molecular weight excluding hydrogens is 216 g/mol. The average molecular weight is 232 g/mol. The SMILES string of the molecule is CN[C@@H](Cc1ccccc1N)c1cccs1. The summed E-state index contributed by atoms with van der Waals surface area (Å²) in [6.07, 6.45) is 0.934. The third-order valence-corrected chi connectivity index (χ3v) is 3.70. The standard InChI is InChI=1S/C13H16N2S/c1-15-12(13-7-4-8-16-13)9-10-5-2-3-6-11(10)14/h2-8,12,15H,9,14H2,1H3/t12-/m0/s1. The van der Waals surface area contributed by atoms with E-state index in [0.29, 0.717) is 6.04 Å². The van der Waals surface area contributed by atoms with Crippen molar-refractivity contribution >= 4 is 17.0 Å². The Kier molecular flexibility index (Phi) is 3.59. The lowest BCUT2D eigenvalue weighted by molar-refractivity contribution is 0.603. The van der Waals surface area contributed by atoms with Crippen molar-refractivity contribution in [3.8, 4) is 0 Å². The highest BCUT2D eigenvalue weighted by Crippen LogP contribution is 2.24. The monoisotopic (exact) mass is 232 g/mol. The highest BCUT2D eigenvalue weighted by molar-refractivity contribution is 7.10. The highest BCUT2D eigenvalue weighted by Gasteiger charge is 2.12. The number of hydrogen-bond acceptors (Lipinski definition) is 3. The second-order valence-electron chi connectivity index (χ2n) is 3.76. The minimum Gasteiger partial charge on any atom is -0.399 e. The third kappa shape index (κ3) is 2.43. The van der Waals surface area contributed by atoms with Crippen LogP contribution in [0.25, 0.3) is 0 Å². The molecule has 2 aromatic rings. The fraction of sp³-hybridized carbons (Fsp3) is 0.231. The molecule has 0 saturated heterocycles. The molecular formula is C13H16N2S. The Bertz CT molecular complexity index is 437. The van der Waals surface area contributed by atoms with Crippen molar-refractivity contribution < 1.29 is 0 Å². The number of thiophene rings is 1. The molecule has 84 valence electrons. The van der Waals surface area contributed by atoms with Gasteiger partial charge in [-0.1, -0.05) is 24.3 Å². The predicted molar refractivity (Wildman–Crippen MR) is 70.7 cm³/mol. The van der Waals surface area contributed by atoms with Gasteiger partial charge in [-0.25, -0.2) is 0 Å². The lowest BCUT2D eigenvalue weighted by Crippen LogP contribution is -2.18.